The molecule has 3 heterocycles. The topological polar surface area (TPSA) is 67.8 Å². The van der Waals surface area contributed by atoms with Gasteiger partial charge in [0.05, 0.1) is 43.1 Å². The number of ether oxygens (including phenoxy) is 2. The summed E-state index contributed by atoms with van der Waals surface area (Å²) in [5.74, 6) is 2.43. The van der Waals surface area contributed by atoms with Gasteiger partial charge in [0.25, 0.3) is 5.91 Å². The normalized spacial score (nSPS) is 20.6. The fourth-order valence-corrected chi connectivity index (χ4v) is 4.91. The number of aromatic nitrogens is 2. The largest absolute Gasteiger partial charge is 0.493 e. The number of fused-ring (bicyclic) bond motifs is 2. The molecule has 7 heteroatoms. The Bertz CT molecular complexity index is 1120. The van der Waals surface area contributed by atoms with E-state index in [0.717, 1.165) is 49.3 Å². The minimum Gasteiger partial charge on any atom is -0.493 e. The van der Waals surface area contributed by atoms with Crippen LogP contribution in [0.2, 0.25) is 0 Å². The fourth-order valence-electron chi connectivity index (χ4n) is 4.91. The summed E-state index contributed by atoms with van der Waals surface area (Å²) >= 11 is 0. The van der Waals surface area contributed by atoms with Gasteiger partial charge in [-0.1, -0.05) is 18.2 Å². The third-order valence-corrected chi connectivity index (χ3v) is 6.52. The monoisotopic (exact) mass is 418 g/mol. The van der Waals surface area contributed by atoms with E-state index < -0.39 is 0 Å². The van der Waals surface area contributed by atoms with E-state index >= 15 is 0 Å². The molecule has 1 aromatic heterocycles. The van der Waals surface area contributed by atoms with Crippen LogP contribution in [0, 0.1) is 5.92 Å². The Morgan fingerprint density at radius 2 is 1.81 bits per heavy atom. The van der Waals surface area contributed by atoms with Crippen molar-refractivity contribution >= 4 is 22.8 Å². The van der Waals surface area contributed by atoms with Crippen molar-refractivity contribution in [1.29, 1.82) is 0 Å². The van der Waals surface area contributed by atoms with Crippen LogP contribution in [-0.2, 0) is 0 Å². The smallest absolute Gasteiger partial charge is 0.258 e. The Labute approximate surface area is 181 Å². The molecule has 2 fully saturated rings. The lowest BCUT2D eigenvalue weighted by Gasteiger charge is -2.39. The minimum absolute atomic E-state index is 0.00491. The second-order valence-corrected chi connectivity index (χ2v) is 8.11. The van der Waals surface area contributed by atoms with Crippen molar-refractivity contribution in [3.63, 3.8) is 0 Å². The number of nitrogens with zero attached hydrogens (tertiary/aromatic N) is 4. The third-order valence-electron chi connectivity index (χ3n) is 6.52. The first-order chi connectivity index (χ1) is 15.2. The maximum Gasteiger partial charge on any atom is 0.258 e. The third kappa shape index (κ3) is 3.44. The summed E-state index contributed by atoms with van der Waals surface area (Å²) in [5, 5.41) is 0. The predicted molar refractivity (Wildman–Crippen MR) is 119 cm³/mol. The number of amides is 1. The number of hydrogen-bond donors (Lipinski definition) is 0. The molecular formula is C24H26N4O3. The van der Waals surface area contributed by atoms with E-state index in [4.69, 9.17) is 14.5 Å². The number of anilines is 1. The molecule has 2 aliphatic rings. The Balaban J connectivity index is 1.41. The van der Waals surface area contributed by atoms with Gasteiger partial charge in [-0.2, -0.15) is 0 Å². The number of carbonyl (C=O) groups is 1. The molecule has 0 saturated carbocycles. The summed E-state index contributed by atoms with van der Waals surface area (Å²) in [6, 6.07) is 13.5. The van der Waals surface area contributed by atoms with Crippen LogP contribution in [0.3, 0.4) is 0 Å². The number of carbonyl (C=O) groups excluding carboxylic acids is 1. The molecular weight excluding hydrogens is 392 g/mol. The van der Waals surface area contributed by atoms with Gasteiger partial charge in [0.1, 0.15) is 5.82 Å². The molecule has 0 bridgehead atoms. The lowest BCUT2D eigenvalue weighted by atomic mass is 9.92. The van der Waals surface area contributed by atoms with Gasteiger partial charge in [-0.05, 0) is 43.0 Å². The molecule has 0 N–H and O–H groups in total. The zero-order valence-corrected chi connectivity index (χ0v) is 17.8. The second-order valence-electron chi connectivity index (χ2n) is 8.11. The Hall–Kier alpha value is -3.35. The molecule has 2 atom stereocenters. The van der Waals surface area contributed by atoms with Gasteiger partial charge >= 0.3 is 0 Å². The molecule has 0 aliphatic carbocycles. The van der Waals surface area contributed by atoms with Gasteiger partial charge < -0.3 is 19.3 Å². The van der Waals surface area contributed by atoms with Crippen LogP contribution in [-0.4, -0.2) is 60.7 Å². The first kappa shape index (κ1) is 19.6. The summed E-state index contributed by atoms with van der Waals surface area (Å²) in [6.07, 6.45) is 3.91. The molecule has 2 aliphatic heterocycles. The van der Waals surface area contributed by atoms with Gasteiger partial charge in [-0.3, -0.25) is 9.78 Å². The summed E-state index contributed by atoms with van der Waals surface area (Å²) in [4.78, 5) is 27.2. The van der Waals surface area contributed by atoms with E-state index in [-0.39, 0.29) is 11.9 Å². The fraction of sp³-hybridized carbons (Fsp3) is 0.375. The molecule has 2 aromatic carbocycles. The number of methoxy groups -OCH3 is 2. The Kier molecular flexibility index (Phi) is 5.10. The number of para-hydroxylation sites is 3. The lowest BCUT2D eigenvalue weighted by molar-refractivity contribution is 0.0708. The molecule has 31 heavy (non-hydrogen) atoms. The molecule has 1 amide bonds. The van der Waals surface area contributed by atoms with Crippen molar-refractivity contribution in [3.05, 3.63) is 54.2 Å². The minimum atomic E-state index is -0.00491. The van der Waals surface area contributed by atoms with Crippen LogP contribution in [0.15, 0.2) is 48.7 Å². The van der Waals surface area contributed by atoms with E-state index in [9.17, 15) is 4.79 Å². The van der Waals surface area contributed by atoms with Crippen LogP contribution in [0.5, 0.6) is 11.5 Å². The SMILES string of the molecule is COc1cccc(C(=O)N2CCC3CCN(c4cnc5ccccc5n4)CC32)c1OC. The Morgan fingerprint density at radius 1 is 1.00 bits per heavy atom. The van der Waals surface area contributed by atoms with Crippen molar-refractivity contribution in [1.82, 2.24) is 14.9 Å². The van der Waals surface area contributed by atoms with E-state index in [1.807, 2.05) is 53.6 Å². The van der Waals surface area contributed by atoms with Crippen LogP contribution >= 0.6 is 0 Å². The molecule has 0 radical (unpaired) electrons. The van der Waals surface area contributed by atoms with Crippen LogP contribution in [0.4, 0.5) is 5.82 Å². The van der Waals surface area contributed by atoms with Gasteiger partial charge in [-0.15, -0.1) is 0 Å². The summed E-state index contributed by atoms with van der Waals surface area (Å²) in [6.45, 7) is 2.44. The van der Waals surface area contributed by atoms with E-state index in [1.165, 1.54) is 0 Å². The zero-order chi connectivity index (χ0) is 21.4. The highest BCUT2D eigenvalue weighted by molar-refractivity contribution is 5.98. The van der Waals surface area contributed by atoms with E-state index in [1.54, 1.807) is 14.2 Å². The molecule has 7 nitrogen and oxygen atoms in total. The molecule has 3 aromatic rings. The van der Waals surface area contributed by atoms with E-state index in [0.29, 0.717) is 23.0 Å². The van der Waals surface area contributed by atoms with Crippen molar-refractivity contribution in [3.8, 4) is 11.5 Å². The molecule has 2 unspecified atom stereocenters. The first-order valence-corrected chi connectivity index (χ1v) is 10.7. The highest BCUT2D eigenvalue weighted by atomic mass is 16.5. The molecule has 5 rings (SSSR count). The number of likely N-dealkylation sites (tertiary alicyclic amines) is 1. The van der Waals surface area contributed by atoms with Crippen molar-refractivity contribution in [2.24, 2.45) is 5.92 Å². The van der Waals surface area contributed by atoms with Crippen molar-refractivity contribution in [2.45, 2.75) is 18.9 Å². The average Bonchev–Trinajstić information content (AvgIpc) is 3.26. The standard InChI is InChI=1S/C24H26N4O3/c1-30-21-9-5-6-17(23(21)31-2)24(29)28-13-11-16-10-12-27(15-20(16)28)22-14-25-18-7-3-4-8-19(18)26-22/h3-9,14,16,20H,10-13,15H2,1-2H3. The zero-order valence-electron chi connectivity index (χ0n) is 17.8. The molecule has 160 valence electrons. The summed E-state index contributed by atoms with van der Waals surface area (Å²) in [5.41, 5.74) is 2.33. The van der Waals surface area contributed by atoms with Crippen LogP contribution in [0.25, 0.3) is 11.0 Å². The van der Waals surface area contributed by atoms with Crippen molar-refractivity contribution in [2.75, 3.05) is 38.8 Å². The highest BCUT2D eigenvalue weighted by Crippen LogP contribution is 2.37. The number of rotatable bonds is 4. The summed E-state index contributed by atoms with van der Waals surface area (Å²) in [7, 11) is 3.16. The van der Waals surface area contributed by atoms with Crippen LogP contribution < -0.4 is 14.4 Å². The molecule has 0 spiro atoms. The van der Waals surface area contributed by atoms with Crippen LogP contribution in [0.1, 0.15) is 23.2 Å². The maximum absolute atomic E-state index is 13.5. The lowest BCUT2D eigenvalue weighted by Crippen LogP contribution is -2.50. The second kappa shape index (κ2) is 8.06. The van der Waals surface area contributed by atoms with Crippen molar-refractivity contribution < 1.29 is 14.3 Å². The summed E-state index contributed by atoms with van der Waals surface area (Å²) < 4.78 is 10.9. The maximum atomic E-state index is 13.5. The van der Waals surface area contributed by atoms with Gasteiger partial charge in [0.15, 0.2) is 11.5 Å². The quantitative estimate of drug-likeness (QED) is 0.647. The molecule has 2 saturated heterocycles. The highest BCUT2D eigenvalue weighted by Gasteiger charge is 2.42. The number of piperidine rings is 1. The average molecular weight is 418 g/mol. The predicted octanol–water partition coefficient (Wildman–Crippen LogP) is 3.39. The Morgan fingerprint density at radius 3 is 2.61 bits per heavy atom. The van der Waals surface area contributed by atoms with Gasteiger partial charge in [0, 0.05) is 19.6 Å². The van der Waals surface area contributed by atoms with Gasteiger partial charge in [-0.25, -0.2) is 4.98 Å². The number of hydrogen-bond acceptors (Lipinski definition) is 6. The van der Waals surface area contributed by atoms with Gasteiger partial charge in [0.2, 0.25) is 0 Å². The first-order valence-electron chi connectivity index (χ1n) is 10.7. The number of benzene rings is 2. The van der Waals surface area contributed by atoms with E-state index in [2.05, 4.69) is 9.88 Å².